The van der Waals surface area contributed by atoms with Crippen molar-refractivity contribution >= 4 is 46.0 Å². The molecule has 0 atom stereocenters. The third kappa shape index (κ3) is 4.18. The second-order valence-corrected chi connectivity index (χ2v) is 8.17. The van der Waals surface area contributed by atoms with Crippen molar-refractivity contribution in [2.75, 3.05) is 4.90 Å². The van der Waals surface area contributed by atoms with Gasteiger partial charge in [-0.3, -0.25) is 9.69 Å². The van der Waals surface area contributed by atoms with Crippen LogP contribution >= 0.6 is 11.3 Å². The van der Waals surface area contributed by atoms with Crippen molar-refractivity contribution < 1.29 is 14.3 Å². The number of hydrogen-bond donors (Lipinski definition) is 0. The van der Waals surface area contributed by atoms with Gasteiger partial charge in [-0.15, -0.1) is 11.3 Å². The Balaban J connectivity index is 1.65. The summed E-state index contributed by atoms with van der Waals surface area (Å²) in [4.78, 5) is 35.2. The van der Waals surface area contributed by atoms with E-state index < -0.39 is 5.97 Å². The van der Waals surface area contributed by atoms with Gasteiger partial charge < -0.3 is 4.74 Å². The van der Waals surface area contributed by atoms with Crippen molar-refractivity contribution in [2.45, 2.75) is 27.7 Å². The molecular weight excluding hydrogens is 410 g/mol. The lowest BCUT2D eigenvalue weighted by atomic mass is 10.1. The highest BCUT2D eigenvalue weighted by atomic mass is 32.1. The maximum absolute atomic E-state index is 12.4. The molecule has 0 saturated heterocycles. The normalized spacial score (nSPS) is 14.5. The molecule has 6 nitrogen and oxygen atoms in total. The highest BCUT2D eigenvalue weighted by Crippen LogP contribution is 2.33. The van der Waals surface area contributed by atoms with E-state index in [0.717, 1.165) is 27.9 Å². The number of aromatic nitrogens is 1. The minimum absolute atomic E-state index is 0.137. The molecule has 0 saturated carbocycles. The number of aryl methyl sites for hydroxylation is 2. The number of ether oxygens (including phenoxy) is 1. The van der Waals surface area contributed by atoms with Gasteiger partial charge in [-0.05, 0) is 56.2 Å². The van der Waals surface area contributed by atoms with Gasteiger partial charge >= 0.3 is 5.97 Å². The molecule has 31 heavy (non-hydrogen) atoms. The number of rotatable bonds is 4. The van der Waals surface area contributed by atoms with Gasteiger partial charge in [0.25, 0.3) is 0 Å². The molecule has 0 bridgehead atoms. The van der Waals surface area contributed by atoms with Crippen LogP contribution in [0.1, 0.15) is 34.9 Å². The van der Waals surface area contributed by atoms with Crippen LogP contribution in [0.5, 0.6) is 0 Å². The Morgan fingerprint density at radius 3 is 2.55 bits per heavy atom. The molecule has 3 aromatic rings. The van der Waals surface area contributed by atoms with Crippen molar-refractivity contribution in [3.8, 4) is 0 Å². The Labute approximate surface area is 184 Å². The fraction of sp³-hybridized carbons (Fsp3) is 0.167. The second-order valence-electron chi connectivity index (χ2n) is 7.33. The van der Waals surface area contributed by atoms with Crippen LogP contribution in [0.4, 0.5) is 10.8 Å². The van der Waals surface area contributed by atoms with Crippen LogP contribution in [0.2, 0.25) is 0 Å². The monoisotopic (exact) mass is 431 g/mol. The standard InChI is InChI=1S/C24H21N3O3S/c1-14-8-10-18(11-9-14)22-26-20(23(29)30-22)12-19-13-31-24(25-19)27(17(4)28)21-7-5-6-15(2)16(21)3/h5-13H,1-4H3/b20-12+. The van der Waals surface area contributed by atoms with Crippen molar-refractivity contribution in [3.63, 3.8) is 0 Å². The molecule has 0 aliphatic carbocycles. The molecule has 0 spiro atoms. The largest absolute Gasteiger partial charge is 0.402 e. The third-order valence-electron chi connectivity index (χ3n) is 5.04. The Hall–Kier alpha value is -3.58. The number of benzene rings is 2. The summed E-state index contributed by atoms with van der Waals surface area (Å²) in [6.07, 6.45) is 1.57. The van der Waals surface area contributed by atoms with Crippen LogP contribution in [0.15, 0.2) is 58.5 Å². The van der Waals surface area contributed by atoms with E-state index in [0.29, 0.717) is 10.8 Å². The van der Waals surface area contributed by atoms with E-state index in [1.165, 1.54) is 18.3 Å². The average Bonchev–Trinajstić information content (AvgIpc) is 3.33. The van der Waals surface area contributed by atoms with Crippen LogP contribution in [-0.4, -0.2) is 22.8 Å². The molecule has 4 rings (SSSR count). The zero-order chi connectivity index (χ0) is 22.1. The van der Waals surface area contributed by atoms with E-state index in [1.54, 1.807) is 16.4 Å². The Morgan fingerprint density at radius 2 is 1.84 bits per heavy atom. The summed E-state index contributed by atoms with van der Waals surface area (Å²) in [6, 6.07) is 13.4. The number of esters is 1. The van der Waals surface area contributed by atoms with Gasteiger partial charge in [-0.2, -0.15) is 0 Å². The lowest BCUT2D eigenvalue weighted by Gasteiger charge is -2.21. The molecule has 1 amide bonds. The Bertz CT molecular complexity index is 1240. The van der Waals surface area contributed by atoms with Crippen LogP contribution in [0, 0.1) is 20.8 Å². The quantitative estimate of drug-likeness (QED) is 0.426. The Morgan fingerprint density at radius 1 is 1.10 bits per heavy atom. The number of carbonyl (C=O) groups excluding carboxylic acids is 2. The van der Waals surface area contributed by atoms with E-state index in [4.69, 9.17) is 4.74 Å². The molecule has 156 valence electrons. The highest BCUT2D eigenvalue weighted by Gasteiger charge is 2.25. The van der Waals surface area contributed by atoms with Crippen LogP contribution in [0.25, 0.3) is 6.08 Å². The SMILES string of the molecule is CC(=O)N(c1nc(/C=C2/N=C(c3ccc(C)cc3)OC2=O)cs1)c1cccc(C)c1C. The molecule has 0 unspecified atom stereocenters. The maximum atomic E-state index is 12.4. The summed E-state index contributed by atoms with van der Waals surface area (Å²) in [5.74, 6) is -0.391. The first-order valence-corrected chi connectivity index (χ1v) is 10.6. The van der Waals surface area contributed by atoms with Crippen LogP contribution in [-0.2, 0) is 14.3 Å². The molecule has 2 heterocycles. The van der Waals surface area contributed by atoms with Gasteiger partial charge in [0.15, 0.2) is 10.8 Å². The van der Waals surface area contributed by atoms with E-state index in [2.05, 4.69) is 9.98 Å². The molecule has 1 aromatic heterocycles. The first-order chi connectivity index (χ1) is 14.8. The average molecular weight is 432 g/mol. The van der Waals surface area contributed by atoms with E-state index >= 15 is 0 Å². The Kier molecular flexibility index (Phi) is 5.52. The molecule has 1 aliphatic heterocycles. The molecule has 0 N–H and O–H groups in total. The summed E-state index contributed by atoms with van der Waals surface area (Å²) in [7, 11) is 0. The number of anilines is 2. The van der Waals surface area contributed by atoms with Crippen molar-refractivity contribution in [2.24, 2.45) is 4.99 Å². The number of hydrogen-bond acceptors (Lipinski definition) is 6. The first kappa shape index (κ1) is 20.7. The van der Waals surface area contributed by atoms with Crippen molar-refractivity contribution in [1.82, 2.24) is 4.98 Å². The van der Waals surface area contributed by atoms with Crippen LogP contribution in [0.3, 0.4) is 0 Å². The lowest BCUT2D eigenvalue weighted by Crippen LogP contribution is -2.23. The first-order valence-electron chi connectivity index (χ1n) is 9.75. The summed E-state index contributed by atoms with van der Waals surface area (Å²) in [5.41, 5.74) is 5.46. The predicted molar refractivity (Wildman–Crippen MR) is 123 cm³/mol. The minimum Gasteiger partial charge on any atom is -0.402 e. The summed E-state index contributed by atoms with van der Waals surface area (Å²) in [6.45, 7) is 7.48. The van der Waals surface area contributed by atoms with Gasteiger partial charge in [0, 0.05) is 17.9 Å². The van der Waals surface area contributed by atoms with Gasteiger partial charge in [0.05, 0.1) is 11.4 Å². The smallest absolute Gasteiger partial charge is 0.363 e. The van der Waals surface area contributed by atoms with Crippen LogP contribution < -0.4 is 4.90 Å². The topological polar surface area (TPSA) is 71.9 Å². The molecule has 0 fully saturated rings. The molecule has 2 aromatic carbocycles. The summed E-state index contributed by atoms with van der Waals surface area (Å²) in [5, 5.41) is 2.32. The number of cyclic esters (lactones) is 1. The molecular formula is C24H21N3O3S. The van der Waals surface area contributed by atoms with Gasteiger partial charge in [-0.1, -0.05) is 29.8 Å². The number of aliphatic imine (C=N–C) groups is 1. The highest BCUT2D eigenvalue weighted by molar-refractivity contribution is 7.14. The van der Waals surface area contributed by atoms with E-state index in [1.807, 2.05) is 63.2 Å². The maximum Gasteiger partial charge on any atom is 0.363 e. The predicted octanol–water partition coefficient (Wildman–Crippen LogP) is 5.10. The zero-order valence-corrected chi connectivity index (χ0v) is 18.5. The number of amides is 1. The van der Waals surface area contributed by atoms with E-state index in [9.17, 15) is 9.59 Å². The molecule has 0 radical (unpaired) electrons. The van der Waals surface area contributed by atoms with Crippen molar-refractivity contribution in [3.05, 3.63) is 81.5 Å². The van der Waals surface area contributed by atoms with Gasteiger partial charge in [0.1, 0.15) is 0 Å². The number of thiazole rings is 1. The summed E-state index contributed by atoms with van der Waals surface area (Å²) >= 11 is 1.33. The second kappa shape index (κ2) is 8.28. The molecule has 1 aliphatic rings. The van der Waals surface area contributed by atoms with Crippen molar-refractivity contribution in [1.29, 1.82) is 0 Å². The minimum atomic E-state index is -0.525. The van der Waals surface area contributed by atoms with Gasteiger partial charge in [0.2, 0.25) is 11.8 Å². The fourth-order valence-electron chi connectivity index (χ4n) is 3.20. The van der Waals surface area contributed by atoms with E-state index in [-0.39, 0.29) is 17.5 Å². The van der Waals surface area contributed by atoms with Gasteiger partial charge in [-0.25, -0.2) is 14.8 Å². The zero-order valence-electron chi connectivity index (χ0n) is 17.7. The lowest BCUT2D eigenvalue weighted by molar-refractivity contribution is -0.130. The number of carbonyl (C=O) groups is 2. The summed E-state index contributed by atoms with van der Waals surface area (Å²) < 4.78 is 5.32. The third-order valence-corrected chi connectivity index (χ3v) is 5.88. The molecule has 7 heteroatoms. The number of nitrogens with zero attached hydrogens (tertiary/aromatic N) is 3. The fourth-order valence-corrected chi connectivity index (χ4v) is 4.04.